The summed E-state index contributed by atoms with van der Waals surface area (Å²) in [6, 6.07) is 11.8. The van der Waals surface area contributed by atoms with Gasteiger partial charge in [0.25, 0.3) is 0 Å². The van der Waals surface area contributed by atoms with Crippen LogP contribution >= 0.6 is 22.6 Å². The van der Waals surface area contributed by atoms with Crippen molar-refractivity contribution in [2.45, 2.75) is 0 Å². The zero-order chi connectivity index (χ0) is 13.2. The number of rotatable bonds is 2. The molecule has 0 aliphatic rings. The minimum Gasteiger partial charge on any atom is -0.367 e. The van der Waals surface area contributed by atoms with Gasteiger partial charge in [-0.3, -0.25) is 4.98 Å². The van der Waals surface area contributed by atoms with Gasteiger partial charge in [-0.1, -0.05) is 17.3 Å². The molecule has 0 unspecified atom stereocenters. The molecule has 19 heavy (non-hydrogen) atoms. The molecule has 3 rings (SSSR count). The van der Waals surface area contributed by atoms with Crippen molar-refractivity contribution < 1.29 is 4.52 Å². The molecule has 0 spiro atoms. The summed E-state index contributed by atoms with van der Waals surface area (Å²) in [6.07, 6.45) is 3.45. The molecule has 5 heteroatoms. The molecule has 94 valence electrons. The lowest BCUT2D eigenvalue weighted by molar-refractivity contribution is 0.439. The largest absolute Gasteiger partial charge is 0.367 e. The highest BCUT2D eigenvalue weighted by Crippen LogP contribution is 2.36. The van der Waals surface area contributed by atoms with Crippen LogP contribution in [0.2, 0.25) is 0 Å². The summed E-state index contributed by atoms with van der Waals surface area (Å²) in [6.45, 7) is 0. The molecular formula is C14H10IN3O. The molecule has 0 fully saturated rings. The molecular weight excluding hydrogens is 353 g/mol. The number of hydrogen-bond donors (Lipinski definition) is 1. The van der Waals surface area contributed by atoms with Crippen LogP contribution in [0, 0.1) is 3.57 Å². The van der Waals surface area contributed by atoms with E-state index in [4.69, 9.17) is 10.3 Å². The Morgan fingerprint density at radius 3 is 2.58 bits per heavy atom. The second kappa shape index (κ2) is 5.00. The maximum atomic E-state index is 5.90. The van der Waals surface area contributed by atoms with Crippen molar-refractivity contribution in [1.29, 1.82) is 0 Å². The van der Waals surface area contributed by atoms with Gasteiger partial charge in [0.05, 0.1) is 5.56 Å². The fourth-order valence-electron chi connectivity index (χ4n) is 1.93. The van der Waals surface area contributed by atoms with E-state index in [2.05, 4.69) is 32.7 Å². The Bertz CT molecular complexity index is 710. The van der Waals surface area contributed by atoms with E-state index in [0.717, 1.165) is 26.0 Å². The van der Waals surface area contributed by atoms with Crippen LogP contribution in [0.15, 0.2) is 53.3 Å². The Balaban J connectivity index is 2.19. The summed E-state index contributed by atoms with van der Waals surface area (Å²) < 4.78 is 6.29. The maximum absolute atomic E-state index is 5.90. The van der Waals surface area contributed by atoms with E-state index in [-0.39, 0.29) is 0 Å². The van der Waals surface area contributed by atoms with Crippen molar-refractivity contribution in [3.63, 3.8) is 0 Å². The second-order valence-corrected chi connectivity index (χ2v) is 5.26. The molecule has 0 aliphatic heterocycles. The van der Waals surface area contributed by atoms with Crippen LogP contribution < -0.4 is 5.73 Å². The number of nitrogens with two attached hydrogens (primary N) is 1. The lowest BCUT2D eigenvalue weighted by Gasteiger charge is -2.02. The van der Waals surface area contributed by atoms with E-state index in [1.54, 1.807) is 12.4 Å². The smallest absolute Gasteiger partial charge is 0.230 e. The van der Waals surface area contributed by atoms with Crippen LogP contribution in [0.1, 0.15) is 0 Å². The molecule has 1 aromatic carbocycles. The maximum Gasteiger partial charge on any atom is 0.230 e. The standard InChI is InChI=1S/C14H10IN3O/c15-11-3-1-2-10(8-11)13-12(14(16)19-18-13)9-4-6-17-7-5-9/h1-8H,16H2. The van der Waals surface area contributed by atoms with E-state index in [1.807, 2.05) is 36.4 Å². The number of benzene rings is 1. The third-order valence-electron chi connectivity index (χ3n) is 2.79. The first-order valence-corrected chi connectivity index (χ1v) is 6.75. The molecule has 0 saturated carbocycles. The van der Waals surface area contributed by atoms with Crippen molar-refractivity contribution in [3.05, 3.63) is 52.4 Å². The minimum absolute atomic E-state index is 0.320. The van der Waals surface area contributed by atoms with Crippen molar-refractivity contribution in [1.82, 2.24) is 10.1 Å². The zero-order valence-corrected chi connectivity index (χ0v) is 12.0. The number of halogens is 1. The second-order valence-electron chi connectivity index (χ2n) is 4.02. The molecule has 0 saturated heterocycles. The third-order valence-corrected chi connectivity index (χ3v) is 3.46. The molecule has 0 atom stereocenters. The summed E-state index contributed by atoms with van der Waals surface area (Å²) >= 11 is 2.27. The first kappa shape index (κ1) is 12.2. The van der Waals surface area contributed by atoms with E-state index in [1.165, 1.54) is 0 Å². The Morgan fingerprint density at radius 1 is 1.05 bits per heavy atom. The third kappa shape index (κ3) is 2.33. The average molecular weight is 363 g/mol. The Labute approximate surface area is 123 Å². The molecule has 2 N–H and O–H groups in total. The normalized spacial score (nSPS) is 10.6. The van der Waals surface area contributed by atoms with Crippen LogP contribution in [0.4, 0.5) is 5.88 Å². The van der Waals surface area contributed by atoms with E-state index in [0.29, 0.717) is 5.88 Å². The van der Waals surface area contributed by atoms with Crippen LogP contribution in [0.3, 0.4) is 0 Å². The van der Waals surface area contributed by atoms with Crippen molar-refractivity contribution >= 4 is 28.5 Å². The highest BCUT2D eigenvalue weighted by atomic mass is 127. The van der Waals surface area contributed by atoms with Gasteiger partial charge in [-0.25, -0.2) is 0 Å². The average Bonchev–Trinajstić information content (AvgIpc) is 2.82. The fourth-order valence-corrected chi connectivity index (χ4v) is 2.48. The van der Waals surface area contributed by atoms with Gasteiger partial charge in [0, 0.05) is 21.5 Å². The molecule has 0 aliphatic carbocycles. The zero-order valence-electron chi connectivity index (χ0n) is 9.88. The Hall–Kier alpha value is -1.89. The topological polar surface area (TPSA) is 64.9 Å². The van der Waals surface area contributed by atoms with Gasteiger partial charge in [-0.15, -0.1) is 0 Å². The van der Waals surface area contributed by atoms with Crippen LogP contribution in [0.5, 0.6) is 0 Å². The van der Waals surface area contributed by atoms with Crippen LogP contribution in [-0.2, 0) is 0 Å². The van der Waals surface area contributed by atoms with Gasteiger partial charge in [0.15, 0.2) is 0 Å². The minimum atomic E-state index is 0.320. The molecule has 4 nitrogen and oxygen atoms in total. The number of pyridine rings is 1. The summed E-state index contributed by atoms with van der Waals surface area (Å²) in [5.41, 5.74) is 9.39. The predicted molar refractivity (Wildman–Crippen MR) is 82.3 cm³/mol. The summed E-state index contributed by atoms with van der Waals surface area (Å²) in [5.74, 6) is 0.320. The summed E-state index contributed by atoms with van der Waals surface area (Å²) in [5, 5.41) is 4.08. The van der Waals surface area contributed by atoms with E-state index < -0.39 is 0 Å². The number of aromatic nitrogens is 2. The Morgan fingerprint density at radius 2 is 1.84 bits per heavy atom. The van der Waals surface area contributed by atoms with Crippen LogP contribution in [0.25, 0.3) is 22.4 Å². The quantitative estimate of drug-likeness (QED) is 0.707. The first-order valence-electron chi connectivity index (χ1n) is 5.67. The van der Waals surface area contributed by atoms with Gasteiger partial charge in [0.2, 0.25) is 5.88 Å². The van der Waals surface area contributed by atoms with Gasteiger partial charge in [-0.2, -0.15) is 0 Å². The predicted octanol–water partition coefficient (Wildman–Crippen LogP) is 3.59. The fraction of sp³-hybridized carbons (Fsp3) is 0. The van der Waals surface area contributed by atoms with Crippen molar-refractivity contribution in [2.24, 2.45) is 0 Å². The number of nitrogens with zero attached hydrogens (tertiary/aromatic N) is 2. The Kier molecular flexibility index (Phi) is 3.20. The molecule has 3 aromatic rings. The molecule has 2 heterocycles. The van der Waals surface area contributed by atoms with Crippen molar-refractivity contribution in [3.8, 4) is 22.4 Å². The molecule has 0 bridgehead atoms. The molecule has 0 amide bonds. The number of nitrogen functional groups attached to an aromatic ring is 1. The first-order chi connectivity index (χ1) is 9.25. The van der Waals surface area contributed by atoms with Gasteiger partial charge >= 0.3 is 0 Å². The number of anilines is 1. The van der Waals surface area contributed by atoms with E-state index in [9.17, 15) is 0 Å². The molecule has 2 aromatic heterocycles. The lowest BCUT2D eigenvalue weighted by atomic mass is 10.0. The van der Waals surface area contributed by atoms with Crippen molar-refractivity contribution in [2.75, 3.05) is 5.73 Å². The summed E-state index contributed by atoms with van der Waals surface area (Å²) in [7, 11) is 0. The van der Waals surface area contributed by atoms with Gasteiger partial charge in [0.1, 0.15) is 5.69 Å². The van der Waals surface area contributed by atoms with Gasteiger partial charge in [-0.05, 0) is 52.4 Å². The highest BCUT2D eigenvalue weighted by molar-refractivity contribution is 14.1. The molecule has 0 radical (unpaired) electrons. The lowest BCUT2D eigenvalue weighted by Crippen LogP contribution is -1.88. The highest BCUT2D eigenvalue weighted by Gasteiger charge is 2.17. The van der Waals surface area contributed by atoms with Gasteiger partial charge < -0.3 is 10.3 Å². The summed E-state index contributed by atoms with van der Waals surface area (Å²) in [4.78, 5) is 4.01. The monoisotopic (exact) mass is 363 g/mol. The van der Waals surface area contributed by atoms with E-state index >= 15 is 0 Å². The van der Waals surface area contributed by atoms with Crippen LogP contribution in [-0.4, -0.2) is 10.1 Å². The SMILES string of the molecule is Nc1onc(-c2cccc(I)c2)c1-c1ccncc1. The number of hydrogen-bond acceptors (Lipinski definition) is 4.